The Labute approximate surface area is 201 Å². The monoisotopic (exact) mass is 475 g/mol. The average Bonchev–Trinajstić information content (AvgIpc) is 3.53. The topological polar surface area (TPSA) is 123 Å². The minimum atomic E-state index is -0.773. The van der Waals surface area contributed by atoms with Crippen molar-refractivity contribution in [2.45, 2.75) is 32.2 Å². The van der Waals surface area contributed by atoms with E-state index in [9.17, 15) is 9.59 Å². The Hall–Kier alpha value is -3.98. The van der Waals surface area contributed by atoms with E-state index in [0.29, 0.717) is 35.6 Å². The van der Waals surface area contributed by atoms with Crippen LogP contribution in [0.15, 0.2) is 66.2 Å². The van der Waals surface area contributed by atoms with Crippen LogP contribution in [0.2, 0.25) is 0 Å². The number of amides is 1. The fourth-order valence-electron chi connectivity index (χ4n) is 3.54. The molecule has 0 saturated carbocycles. The molecule has 0 unspecified atom stereocenters. The first-order valence-corrected chi connectivity index (χ1v) is 11.8. The summed E-state index contributed by atoms with van der Waals surface area (Å²) in [5.74, 6) is -1.03. The zero-order chi connectivity index (χ0) is 23.9. The zero-order valence-corrected chi connectivity index (χ0v) is 19.3. The van der Waals surface area contributed by atoms with Crippen molar-refractivity contribution < 1.29 is 14.7 Å². The molecule has 0 atom stereocenters. The molecule has 0 bridgehead atoms. The molecule has 34 heavy (non-hydrogen) atoms. The summed E-state index contributed by atoms with van der Waals surface area (Å²) >= 11 is 1.62. The van der Waals surface area contributed by atoms with E-state index >= 15 is 0 Å². The van der Waals surface area contributed by atoms with Crippen LogP contribution in [0.3, 0.4) is 0 Å². The van der Waals surface area contributed by atoms with Crippen molar-refractivity contribution in [3.63, 3.8) is 0 Å². The van der Waals surface area contributed by atoms with Gasteiger partial charge >= 0.3 is 5.97 Å². The van der Waals surface area contributed by atoms with Crippen molar-refractivity contribution in [1.29, 1.82) is 0 Å². The summed E-state index contributed by atoms with van der Waals surface area (Å²) in [5.41, 5.74) is 10.1. The predicted octanol–water partition coefficient (Wildman–Crippen LogP) is 5.15. The van der Waals surface area contributed by atoms with E-state index in [0.717, 1.165) is 28.8 Å². The maximum Gasteiger partial charge on any atom is 0.303 e. The van der Waals surface area contributed by atoms with Crippen LogP contribution in [-0.4, -0.2) is 32.0 Å². The number of carbonyl (C=O) groups excluding carboxylic acids is 1. The predicted molar refractivity (Wildman–Crippen MR) is 134 cm³/mol. The van der Waals surface area contributed by atoms with Gasteiger partial charge in [0.15, 0.2) is 0 Å². The number of benzene rings is 2. The van der Waals surface area contributed by atoms with Crippen LogP contribution >= 0.6 is 11.3 Å². The van der Waals surface area contributed by atoms with Gasteiger partial charge < -0.3 is 16.2 Å². The first-order valence-electron chi connectivity index (χ1n) is 11.0. The van der Waals surface area contributed by atoms with Crippen molar-refractivity contribution in [3.05, 3.63) is 71.7 Å². The molecule has 0 aliphatic heterocycles. The van der Waals surface area contributed by atoms with Gasteiger partial charge in [0.1, 0.15) is 5.69 Å². The van der Waals surface area contributed by atoms with Gasteiger partial charge in [0.25, 0.3) is 5.91 Å². The molecule has 0 saturated heterocycles. The molecule has 0 radical (unpaired) electrons. The highest BCUT2D eigenvalue weighted by atomic mass is 32.1. The van der Waals surface area contributed by atoms with Crippen LogP contribution in [0.1, 0.15) is 36.0 Å². The summed E-state index contributed by atoms with van der Waals surface area (Å²) < 4.78 is 1.74. The Morgan fingerprint density at radius 1 is 1.03 bits per heavy atom. The number of nitrogens with zero attached hydrogens (tertiary/aromatic N) is 3. The van der Waals surface area contributed by atoms with Crippen LogP contribution in [0.4, 0.5) is 11.4 Å². The van der Waals surface area contributed by atoms with Crippen LogP contribution in [0.25, 0.3) is 21.7 Å². The summed E-state index contributed by atoms with van der Waals surface area (Å²) in [5, 5.41) is 22.0. The van der Waals surface area contributed by atoms with E-state index < -0.39 is 5.97 Å². The summed E-state index contributed by atoms with van der Waals surface area (Å²) in [6.07, 6.45) is 4.30. The summed E-state index contributed by atoms with van der Waals surface area (Å²) in [6, 6.07) is 16.8. The van der Waals surface area contributed by atoms with Crippen molar-refractivity contribution in [2.24, 2.45) is 0 Å². The molecule has 174 valence electrons. The molecule has 0 spiro atoms. The van der Waals surface area contributed by atoms with E-state index in [1.165, 1.54) is 0 Å². The lowest BCUT2D eigenvalue weighted by molar-refractivity contribution is -0.137. The van der Waals surface area contributed by atoms with Crippen molar-refractivity contribution in [3.8, 4) is 21.7 Å². The van der Waals surface area contributed by atoms with Gasteiger partial charge in [-0.1, -0.05) is 35.9 Å². The van der Waals surface area contributed by atoms with E-state index in [2.05, 4.69) is 15.6 Å². The third-order valence-electron chi connectivity index (χ3n) is 5.34. The number of anilines is 2. The largest absolute Gasteiger partial charge is 0.481 e. The van der Waals surface area contributed by atoms with Crippen LogP contribution in [-0.2, 0) is 11.3 Å². The van der Waals surface area contributed by atoms with Gasteiger partial charge in [0.2, 0.25) is 0 Å². The summed E-state index contributed by atoms with van der Waals surface area (Å²) in [4.78, 5) is 24.6. The second kappa shape index (κ2) is 10.8. The third-order valence-corrected chi connectivity index (χ3v) is 6.26. The molecule has 8 nitrogen and oxygen atoms in total. The number of carboxylic acid groups (broad SMARTS) is 1. The van der Waals surface area contributed by atoms with Gasteiger partial charge in [0, 0.05) is 29.0 Å². The van der Waals surface area contributed by atoms with Crippen LogP contribution in [0, 0.1) is 0 Å². The molecular weight excluding hydrogens is 450 g/mol. The highest BCUT2D eigenvalue weighted by Gasteiger charge is 2.12. The number of rotatable bonds is 10. The zero-order valence-electron chi connectivity index (χ0n) is 18.5. The molecule has 4 aromatic rings. The molecule has 9 heteroatoms. The molecule has 4 rings (SSSR count). The SMILES string of the molecule is Nc1ccc(-c2cccs2)cc1NC(=O)c1cccc(-c2cn(CCCCCC(=O)O)nn2)c1. The number of aryl methyl sites for hydroxylation is 1. The number of nitrogens with one attached hydrogen (secondary N) is 1. The molecule has 0 aliphatic carbocycles. The van der Waals surface area contributed by atoms with Gasteiger partial charge in [-0.05, 0) is 54.1 Å². The molecule has 2 aromatic carbocycles. The molecule has 0 aliphatic rings. The Morgan fingerprint density at radius 3 is 2.71 bits per heavy atom. The maximum atomic E-state index is 13.0. The molecule has 2 heterocycles. The second-order valence-electron chi connectivity index (χ2n) is 7.89. The van der Waals surface area contributed by atoms with E-state index in [1.807, 2.05) is 41.9 Å². The molecule has 2 aromatic heterocycles. The molecular formula is C25H25N5O3S. The van der Waals surface area contributed by atoms with Gasteiger partial charge in [-0.2, -0.15) is 0 Å². The number of carboxylic acids is 1. The Balaban J connectivity index is 1.42. The molecule has 0 fully saturated rings. The number of thiophene rings is 1. The van der Waals surface area contributed by atoms with Crippen molar-refractivity contribution in [2.75, 3.05) is 11.1 Å². The average molecular weight is 476 g/mol. The standard InChI is InChI=1S/C25H25N5O3S/c26-20-11-10-18(23-8-5-13-34-23)15-21(20)27-25(33)19-7-4-6-17(14-19)22-16-30(29-28-22)12-3-1-2-9-24(31)32/h4-8,10-11,13-16H,1-3,9,12,26H2,(H,27,33)(H,31,32). The summed E-state index contributed by atoms with van der Waals surface area (Å²) in [6.45, 7) is 0.659. The normalized spacial score (nSPS) is 10.8. The third kappa shape index (κ3) is 5.87. The van der Waals surface area contributed by atoms with Crippen molar-refractivity contribution >= 4 is 34.6 Å². The van der Waals surface area contributed by atoms with Gasteiger partial charge in [-0.3, -0.25) is 14.3 Å². The van der Waals surface area contributed by atoms with Gasteiger partial charge in [-0.15, -0.1) is 16.4 Å². The first kappa shape index (κ1) is 23.2. The van der Waals surface area contributed by atoms with E-state index in [4.69, 9.17) is 10.8 Å². The first-order chi connectivity index (χ1) is 16.5. The highest BCUT2D eigenvalue weighted by Crippen LogP contribution is 2.30. The van der Waals surface area contributed by atoms with Crippen LogP contribution < -0.4 is 11.1 Å². The second-order valence-corrected chi connectivity index (χ2v) is 8.83. The van der Waals surface area contributed by atoms with Gasteiger partial charge in [0.05, 0.1) is 17.6 Å². The van der Waals surface area contributed by atoms with E-state index in [1.54, 1.807) is 40.3 Å². The maximum absolute atomic E-state index is 13.0. The number of aromatic nitrogens is 3. The van der Waals surface area contributed by atoms with E-state index in [-0.39, 0.29) is 12.3 Å². The Morgan fingerprint density at radius 2 is 1.91 bits per heavy atom. The lowest BCUT2D eigenvalue weighted by Crippen LogP contribution is -2.13. The summed E-state index contributed by atoms with van der Waals surface area (Å²) in [7, 11) is 0. The number of hydrogen-bond acceptors (Lipinski definition) is 6. The number of carbonyl (C=O) groups is 2. The smallest absolute Gasteiger partial charge is 0.303 e. The van der Waals surface area contributed by atoms with Crippen molar-refractivity contribution in [1.82, 2.24) is 15.0 Å². The number of unbranched alkanes of at least 4 members (excludes halogenated alkanes) is 2. The lowest BCUT2D eigenvalue weighted by Gasteiger charge is -2.10. The van der Waals surface area contributed by atoms with Gasteiger partial charge in [-0.25, -0.2) is 0 Å². The number of hydrogen-bond donors (Lipinski definition) is 3. The quantitative estimate of drug-likeness (QED) is 0.215. The minimum Gasteiger partial charge on any atom is -0.481 e. The Kier molecular flexibility index (Phi) is 7.34. The number of nitrogen functional groups attached to an aromatic ring is 1. The number of aliphatic carboxylic acids is 1. The fraction of sp³-hybridized carbons (Fsp3) is 0.200. The lowest BCUT2D eigenvalue weighted by atomic mass is 10.1. The minimum absolute atomic E-state index is 0.182. The number of nitrogens with two attached hydrogens (primary N) is 1. The fourth-order valence-corrected chi connectivity index (χ4v) is 4.27. The molecule has 1 amide bonds. The highest BCUT2D eigenvalue weighted by molar-refractivity contribution is 7.13. The Bertz CT molecular complexity index is 1280. The van der Waals surface area contributed by atoms with Crippen LogP contribution in [0.5, 0.6) is 0 Å². The molecule has 4 N–H and O–H groups in total.